The number of hydrogen-bond donors (Lipinski definition) is 1. The summed E-state index contributed by atoms with van der Waals surface area (Å²) >= 11 is 6.17. The van der Waals surface area contributed by atoms with Crippen LogP contribution in [0.3, 0.4) is 0 Å². The molecule has 0 atom stereocenters. The lowest BCUT2D eigenvalue weighted by Crippen LogP contribution is -2.12. The van der Waals surface area contributed by atoms with Crippen LogP contribution in [0.2, 0.25) is 5.02 Å². The van der Waals surface area contributed by atoms with E-state index in [0.717, 1.165) is 16.8 Å². The third-order valence-electron chi connectivity index (χ3n) is 3.80. The van der Waals surface area contributed by atoms with E-state index < -0.39 is 0 Å². The minimum atomic E-state index is -0.276. The number of nitrogens with one attached hydrogen (secondary N) is 1. The largest absolute Gasteiger partial charge is 0.451 e. The number of hydrogen-bond acceptors (Lipinski definition) is 2. The van der Waals surface area contributed by atoms with E-state index >= 15 is 0 Å². The van der Waals surface area contributed by atoms with Gasteiger partial charge in [0.2, 0.25) is 0 Å². The van der Waals surface area contributed by atoms with Gasteiger partial charge in [-0.3, -0.25) is 4.79 Å². The molecule has 3 nitrogen and oxygen atoms in total. The first-order valence-corrected chi connectivity index (χ1v) is 8.19. The van der Waals surface area contributed by atoms with Gasteiger partial charge in [0, 0.05) is 11.3 Å². The number of halogens is 1. The van der Waals surface area contributed by atoms with Crippen molar-refractivity contribution in [2.75, 3.05) is 5.32 Å². The standard InChI is InChI=1S/C20H18ClNO2/c1-13(2)14-7-4-6-10-17(14)22-20(23)19-12-11-18(24-19)15-8-3-5-9-16(15)21/h3-13H,1-2H3,(H,22,23). The van der Waals surface area contributed by atoms with Crippen molar-refractivity contribution in [3.8, 4) is 11.3 Å². The molecule has 0 saturated heterocycles. The van der Waals surface area contributed by atoms with Crippen LogP contribution in [0.15, 0.2) is 65.1 Å². The fraction of sp³-hybridized carbons (Fsp3) is 0.150. The average molecular weight is 340 g/mol. The molecule has 122 valence electrons. The maximum atomic E-state index is 12.5. The number of carbonyl (C=O) groups excluding carboxylic acids is 1. The molecule has 1 amide bonds. The topological polar surface area (TPSA) is 42.2 Å². The van der Waals surface area contributed by atoms with Gasteiger partial charge in [-0.2, -0.15) is 0 Å². The number of para-hydroxylation sites is 1. The molecular formula is C20H18ClNO2. The molecule has 0 aliphatic carbocycles. The van der Waals surface area contributed by atoms with Crippen molar-refractivity contribution in [2.45, 2.75) is 19.8 Å². The van der Waals surface area contributed by atoms with Crippen LogP contribution < -0.4 is 5.32 Å². The smallest absolute Gasteiger partial charge is 0.291 e. The molecule has 24 heavy (non-hydrogen) atoms. The Morgan fingerprint density at radius 1 is 1.00 bits per heavy atom. The highest BCUT2D eigenvalue weighted by Crippen LogP contribution is 2.30. The van der Waals surface area contributed by atoms with Gasteiger partial charge < -0.3 is 9.73 Å². The fourth-order valence-corrected chi connectivity index (χ4v) is 2.79. The summed E-state index contributed by atoms with van der Waals surface area (Å²) in [5, 5.41) is 3.51. The maximum absolute atomic E-state index is 12.5. The monoisotopic (exact) mass is 339 g/mol. The molecular weight excluding hydrogens is 322 g/mol. The van der Waals surface area contributed by atoms with Crippen LogP contribution in [0, 0.1) is 0 Å². The number of anilines is 1. The zero-order chi connectivity index (χ0) is 17.1. The summed E-state index contributed by atoms with van der Waals surface area (Å²) in [6, 6.07) is 18.6. The SMILES string of the molecule is CC(C)c1ccccc1NC(=O)c1ccc(-c2ccccc2Cl)o1. The van der Waals surface area contributed by atoms with Crippen molar-refractivity contribution < 1.29 is 9.21 Å². The highest BCUT2D eigenvalue weighted by Gasteiger charge is 2.15. The summed E-state index contributed by atoms with van der Waals surface area (Å²) in [5.74, 6) is 0.865. The van der Waals surface area contributed by atoms with Crippen LogP contribution in [-0.4, -0.2) is 5.91 Å². The minimum Gasteiger partial charge on any atom is -0.451 e. The third kappa shape index (κ3) is 3.36. The van der Waals surface area contributed by atoms with Gasteiger partial charge in [-0.15, -0.1) is 0 Å². The van der Waals surface area contributed by atoms with Gasteiger partial charge in [-0.1, -0.05) is 55.8 Å². The van der Waals surface area contributed by atoms with Crippen LogP contribution >= 0.6 is 11.6 Å². The van der Waals surface area contributed by atoms with E-state index in [1.807, 2.05) is 42.5 Å². The second-order valence-corrected chi connectivity index (χ2v) is 6.25. The van der Waals surface area contributed by atoms with E-state index in [2.05, 4.69) is 19.2 Å². The molecule has 0 radical (unpaired) electrons. The zero-order valence-electron chi connectivity index (χ0n) is 13.5. The lowest BCUT2D eigenvalue weighted by Gasteiger charge is -2.12. The van der Waals surface area contributed by atoms with Crippen molar-refractivity contribution in [1.29, 1.82) is 0 Å². The molecule has 1 N–H and O–H groups in total. The Morgan fingerprint density at radius 2 is 1.71 bits per heavy atom. The second-order valence-electron chi connectivity index (χ2n) is 5.84. The first kappa shape index (κ1) is 16.3. The molecule has 3 rings (SSSR count). The second kappa shape index (κ2) is 6.93. The lowest BCUT2D eigenvalue weighted by atomic mass is 10.0. The highest BCUT2D eigenvalue weighted by molar-refractivity contribution is 6.33. The van der Waals surface area contributed by atoms with Crippen molar-refractivity contribution in [3.05, 3.63) is 77.0 Å². The number of furan rings is 1. The summed E-state index contributed by atoms with van der Waals surface area (Å²) in [6.07, 6.45) is 0. The average Bonchev–Trinajstić information content (AvgIpc) is 3.05. The van der Waals surface area contributed by atoms with E-state index in [4.69, 9.17) is 16.0 Å². The molecule has 2 aromatic carbocycles. The molecule has 3 aromatic rings. The Morgan fingerprint density at radius 3 is 2.46 bits per heavy atom. The normalized spacial score (nSPS) is 10.8. The van der Waals surface area contributed by atoms with Crippen molar-refractivity contribution in [1.82, 2.24) is 0 Å². The van der Waals surface area contributed by atoms with Gasteiger partial charge in [0.05, 0.1) is 5.02 Å². The quantitative estimate of drug-likeness (QED) is 0.635. The van der Waals surface area contributed by atoms with Crippen molar-refractivity contribution in [3.63, 3.8) is 0 Å². The van der Waals surface area contributed by atoms with Crippen LogP contribution in [0.25, 0.3) is 11.3 Å². The molecule has 1 aromatic heterocycles. The van der Waals surface area contributed by atoms with Crippen LogP contribution in [0.1, 0.15) is 35.9 Å². The number of carbonyl (C=O) groups is 1. The maximum Gasteiger partial charge on any atom is 0.291 e. The minimum absolute atomic E-state index is 0.253. The third-order valence-corrected chi connectivity index (χ3v) is 4.13. The number of benzene rings is 2. The van der Waals surface area contributed by atoms with Crippen LogP contribution in [-0.2, 0) is 0 Å². The predicted molar refractivity (Wildman–Crippen MR) is 97.6 cm³/mol. The Kier molecular flexibility index (Phi) is 4.72. The zero-order valence-corrected chi connectivity index (χ0v) is 14.3. The first-order chi connectivity index (χ1) is 11.6. The van der Waals surface area contributed by atoms with Gasteiger partial charge in [-0.25, -0.2) is 0 Å². The summed E-state index contributed by atoms with van der Waals surface area (Å²) in [7, 11) is 0. The molecule has 0 fully saturated rings. The molecule has 0 aliphatic rings. The molecule has 4 heteroatoms. The van der Waals surface area contributed by atoms with Gasteiger partial charge >= 0.3 is 0 Å². The molecule has 0 saturated carbocycles. The Labute approximate surface area is 146 Å². The van der Waals surface area contributed by atoms with Crippen LogP contribution in [0.5, 0.6) is 0 Å². The first-order valence-electron chi connectivity index (χ1n) is 7.81. The number of amides is 1. The molecule has 0 bridgehead atoms. The summed E-state index contributed by atoms with van der Waals surface area (Å²) in [6.45, 7) is 4.18. The molecule has 0 unspecified atom stereocenters. The van der Waals surface area contributed by atoms with Gasteiger partial charge in [0.25, 0.3) is 5.91 Å². The summed E-state index contributed by atoms with van der Waals surface area (Å²) < 4.78 is 5.69. The van der Waals surface area contributed by atoms with E-state index in [0.29, 0.717) is 16.7 Å². The Bertz CT molecular complexity index is 867. The van der Waals surface area contributed by atoms with E-state index in [9.17, 15) is 4.79 Å². The Hall–Kier alpha value is -2.52. The van der Waals surface area contributed by atoms with Gasteiger partial charge in [0.1, 0.15) is 5.76 Å². The van der Waals surface area contributed by atoms with E-state index in [1.165, 1.54) is 0 Å². The van der Waals surface area contributed by atoms with E-state index in [-0.39, 0.29) is 11.7 Å². The Balaban J connectivity index is 1.84. The molecule has 1 heterocycles. The molecule has 0 aliphatic heterocycles. The van der Waals surface area contributed by atoms with Crippen molar-refractivity contribution in [2.24, 2.45) is 0 Å². The van der Waals surface area contributed by atoms with Crippen LogP contribution in [0.4, 0.5) is 5.69 Å². The van der Waals surface area contributed by atoms with Gasteiger partial charge in [-0.05, 0) is 41.8 Å². The lowest BCUT2D eigenvalue weighted by molar-refractivity contribution is 0.0997. The highest BCUT2D eigenvalue weighted by atomic mass is 35.5. The van der Waals surface area contributed by atoms with E-state index in [1.54, 1.807) is 18.2 Å². The van der Waals surface area contributed by atoms with Gasteiger partial charge in [0.15, 0.2) is 5.76 Å². The molecule has 0 spiro atoms. The predicted octanol–water partition coefficient (Wildman–Crippen LogP) is 5.98. The summed E-state index contributed by atoms with van der Waals surface area (Å²) in [5.41, 5.74) is 2.65. The van der Waals surface area contributed by atoms with Crippen molar-refractivity contribution >= 4 is 23.2 Å². The fourth-order valence-electron chi connectivity index (χ4n) is 2.56. The summed E-state index contributed by atoms with van der Waals surface area (Å²) in [4.78, 5) is 12.5. The number of rotatable bonds is 4.